The van der Waals surface area contributed by atoms with Crippen molar-refractivity contribution in [2.75, 3.05) is 24.4 Å². The van der Waals surface area contributed by atoms with Crippen molar-refractivity contribution in [1.29, 1.82) is 0 Å². The van der Waals surface area contributed by atoms with Crippen molar-refractivity contribution in [1.82, 2.24) is 0 Å². The lowest BCUT2D eigenvalue weighted by Gasteiger charge is -2.08. The first-order chi connectivity index (χ1) is 7.58. The van der Waals surface area contributed by atoms with Crippen LogP contribution in [-0.4, -0.2) is 24.3 Å². The number of aliphatic imine (C=N–C) groups is 1. The minimum Gasteiger partial charge on any atom is -0.399 e. The Bertz CT molecular complexity index is 434. The third-order valence-corrected chi connectivity index (χ3v) is 2.91. The summed E-state index contributed by atoms with van der Waals surface area (Å²) in [6.45, 7) is 0. The molecule has 16 heavy (non-hydrogen) atoms. The maximum absolute atomic E-state index is 11.7. The summed E-state index contributed by atoms with van der Waals surface area (Å²) in [5.41, 5.74) is 6.63. The molecule has 0 aliphatic rings. The van der Waals surface area contributed by atoms with Crippen LogP contribution in [0.2, 0.25) is 5.02 Å². The summed E-state index contributed by atoms with van der Waals surface area (Å²) in [5.74, 6) is -0.289. The quantitative estimate of drug-likeness (QED) is 0.461. The topological polar surface area (TPSA) is 67.5 Å². The van der Waals surface area contributed by atoms with Crippen molar-refractivity contribution in [3.8, 4) is 0 Å². The largest absolute Gasteiger partial charge is 0.399 e. The fourth-order valence-corrected chi connectivity index (χ4v) is 1.68. The van der Waals surface area contributed by atoms with E-state index in [4.69, 9.17) is 17.3 Å². The van der Waals surface area contributed by atoms with Crippen molar-refractivity contribution in [2.24, 2.45) is 4.99 Å². The third kappa shape index (κ3) is 3.15. The number of carbonyl (C=O) groups excluding carboxylic acids is 1. The maximum Gasteiger partial charge on any atom is 0.280 e. The Balaban J connectivity index is 2.88. The monoisotopic (exact) mass is 257 g/mol. The van der Waals surface area contributed by atoms with Crippen LogP contribution in [0, 0.1) is 0 Å². The van der Waals surface area contributed by atoms with E-state index in [1.54, 1.807) is 31.5 Å². The van der Waals surface area contributed by atoms with Crippen LogP contribution >= 0.6 is 23.4 Å². The number of nitrogen functional groups attached to an aromatic ring is 1. The van der Waals surface area contributed by atoms with E-state index in [1.807, 2.05) is 0 Å². The summed E-state index contributed by atoms with van der Waals surface area (Å²) in [6.07, 6.45) is 1.78. The highest BCUT2D eigenvalue weighted by atomic mass is 35.5. The molecule has 0 aliphatic carbocycles. The molecule has 0 aromatic heterocycles. The van der Waals surface area contributed by atoms with Crippen molar-refractivity contribution in [3.63, 3.8) is 0 Å². The van der Waals surface area contributed by atoms with Gasteiger partial charge in [0.25, 0.3) is 5.91 Å². The van der Waals surface area contributed by atoms with Crippen LogP contribution in [0.5, 0.6) is 0 Å². The Kier molecular flexibility index (Phi) is 4.64. The fraction of sp³-hybridized carbons (Fsp3) is 0.200. The van der Waals surface area contributed by atoms with Gasteiger partial charge in [0.2, 0.25) is 0 Å². The van der Waals surface area contributed by atoms with Crippen LogP contribution in [0.3, 0.4) is 0 Å². The average Bonchev–Trinajstić information content (AvgIpc) is 2.25. The normalized spacial score (nSPS) is 11.3. The van der Waals surface area contributed by atoms with Gasteiger partial charge in [-0.2, -0.15) is 0 Å². The van der Waals surface area contributed by atoms with Gasteiger partial charge in [0.1, 0.15) is 0 Å². The maximum atomic E-state index is 11.7. The Morgan fingerprint density at radius 2 is 2.25 bits per heavy atom. The molecule has 4 nitrogen and oxygen atoms in total. The van der Waals surface area contributed by atoms with Gasteiger partial charge in [0.05, 0.1) is 10.7 Å². The highest BCUT2D eigenvalue weighted by Gasteiger charge is 2.11. The van der Waals surface area contributed by atoms with E-state index in [-0.39, 0.29) is 5.91 Å². The highest BCUT2D eigenvalue weighted by molar-refractivity contribution is 8.15. The molecule has 3 N–H and O–H groups in total. The Hall–Kier alpha value is -1.20. The molecule has 0 fully saturated rings. The number of anilines is 2. The molecule has 0 saturated carbocycles. The number of nitrogens with two attached hydrogens (primary N) is 1. The molecule has 0 atom stereocenters. The molecule has 6 heteroatoms. The number of rotatable bonds is 1. The molecule has 0 aliphatic heterocycles. The summed E-state index contributed by atoms with van der Waals surface area (Å²) < 4.78 is 0. The zero-order valence-electron chi connectivity index (χ0n) is 8.95. The van der Waals surface area contributed by atoms with E-state index < -0.39 is 0 Å². The predicted octanol–water partition coefficient (Wildman–Crippen LogP) is 2.25. The number of amides is 1. The van der Waals surface area contributed by atoms with Gasteiger partial charge < -0.3 is 11.1 Å². The Morgan fingerprint density at radius 3 is 2.81 bits per heavy atom. The van der Waals surface area contributed by atoms with E-state index in [1.165, 1.54) is 11.8 Å². The van der Waals surface area contributed by atoms with E-state index in [9.17, 15) is 4.79 Å². The van der Waals surface area contributed by atoms with Crippen LogP contribution < -0.4 is 11.1 Å². The summed E-state index contributed by atoms with van der Waals surface area (Å²) in [5, 5.41) is 3.48. The smallest absolute Gasteiger partial charge is 0.280 e. The van der Waals surface area contributed by atoms with E-state index in [2.05, 4.69) is 10.3 Å². The minimum atomic E-state index is -0.289. The number of thioether (sulfide) groups is 1. The van der Waals surface area contributed by atoms with Gasteiger partial charge in [0.15, 0.2) is 5.04 Å². The molecule has 0 heterocycles. The number of nitrogens with zero attached hydrogens (tertiary/aromatic N) is 1. The van der Waals surface area contributed by atoms with Gasteiger partial charge in [-0.25, -0.2) is 0 Å². The van der Waals surface area contributed by atoms with Crippen LogP contribution in [0.4, 0.5) is 11.4 Å². The van der Waals surface area contributed by atoms with Gasteiger partial charge in [-0.05, 0) is 24.5 Å². The van der Waals surface area contributed by atoms with Crippen molar-refractivity contribution in [3.05, 3.63) is 23.2 Å². The molecule has 86 valence electrons. The molecule has 0 radical (unpaired) electrons. The van der Waals surface area contributed by atoms with Crippen LogP contribution in [0.15, 0.2) is 23.2 Å². The molecule has 0 unspecified atom stereocenters. The van der Waals surface area contributed by atoms with Gasteiger partial charge in [-0.3, -0.25) is 9.79 Å². The molecule has 1 amide bonds. The molecule has 0 saturated heterocycles. The molecule has 1 aromatic rings. The zero-order chi connectivity index (χ0) is 12.1. The number of nitrogens with one attached hydrogen (secondary N) is 1. The van der Waals surface area contributed by atoms with Gasteiger partial charge >= 0.3 is 0 Å². The van der Waals surface area contributed by atoms with Crippen molar-refractivity contribution >= 4 is 45.7 Å². The minimum absolute atomic E-state index is 0.289. The predicted molar refractivity (Wildman–Crippen MR) is 71.4 cm³/mol. The standard InChI is InChI=1S/C10H12ClN3OS/c1-13-10(16-2)9(15)14-8-5-6(12)3-4-7(8)11/h3-5H,12H2,1-2H3,(H,14,15). The van der Waals surface area contributed by atoms with Crippen molar-refractivity contribution < 1.29 is 4.79 Å². The first-order valence-corrected chi connectivity index (χ1v) is 6.06. The lowest BCUT2D eigenvalue weighted by atomic mass is 10.3. The van der Waals surface area contributed by atoms with Crippen LogP contribution in [-0.2, 0) is 4.79 Å². The highest BCUT2D eigenvalue weighted by Crippen LogP contribution is 2.24. The lowest BCUT2D eigenvalue weighted by Crippen LogP contribution is -2.20. The SMILES string of the molecule is CN=C(SC)C(=O)Nc1cc(N)ccc1Cl. The summed E-state index contributed by atoms with van der Waals surface area (Å²) in [6, 6.07) is 4.91. The second-order valence-corrected chi connectivity index (χ2v) is 4.13. The Morgan fingerprint density at radius 1 is 1.56 bits per heavy atom. The van der Waals surface area contributed by atoms with E-state index in [0.29, 0.717) is 21.4 Å². The molecule has 1 rings (SSSR count). The number of hydrogen-bond donors (Lipinski definition) is 2. The van der Waals surface area contributed by atoms with Gasteiger partial charge in [-0.1, -0.05) is 11.6 Å². The van der Waals surface area contributed by atoms with E-state index >= 15 is 0 Å². The van der Waals surface area contributed by atoms with Gasteiger partial charge in [-0.15, -0.1) is 11.8 Å². The summed E-state index contributed by atoms with van der Waals surface area (Å²) in [4.78, 5) is 15.5. The summed E-state index contributed by atoms with van der Waals surface area (Å²) in [7, 11) is 1.56. The van der Waals surface area contributed by atoms with Crippen LogP contribution in [0.1, 0.15) is 0 Å². The number of hydrogen-bond acceptors (Lipinski definition) is 4. The van der Waals surface area contributed by atoms with Gasteiger partial charge in [0, 0.05) is 12.7 Å². The fourth-order valence-electron chi connectivity index (χ4n) is 1.10. The second kappa shape index (κ2) is 5.77. The first-order valence-electron chi connectivity index (χ1n) is 4.45. The molecule has 0 bridgehead atoms. The van der Waals surface area contributed by atoms with Crippen molar-refractivity contribution in [2.45, 2.75) is 0 Å². The second-order valence-electron chi connectivity index (χ2n) is 2.93. The average molecular weight is 258 g/mol. The summed E-state index contributed by atoms with van der Waals surface area (Å²) >= 11 is 7.19. The molecule has 0 spiro atoms. The van der Waals surface area contributed by atoms with Crippen LogP contribution in [0.25, 0.3) is 0 Å². The van der Waals surface area contributed by atoms with E-state index in [0.717, 1.165) is 0 Å². The first kappa shape index (κ1) is 12.9. The molecular weight excluding hydrogens is 246 g/mol. The molecular formula is C10H12ClN3OS. The number of carbonyl (C=O) groups is 1. The lowest BCUT2D eigenvalue weighted by molar-refractivity contribution is -0.110. The molecule has 1 aromatic carbocycles. The zero-order valence-corrected chi connectivity index (χ0v) is 10.5. The number of halogens is 1. The Labute approximate surface area is 103 Å². The number of benzene rings is 1. The third-order valence-electron chi connectivity index (χ3n) is 1.83.